The van der Waals surface area contributed by atoms with Crippen molar-refractivity contribution in [2.24, 2.45) is 17.0 Å². The highest BCUT2D eigenvalue weighted by Crippen LogP contribution is 2.47. The summed E-state index contributed by atoms with van der Waals surface area (Å²) in [7, 11) is 0. The zero-order chi connectivity index (χ0) is 10.1. The Morgan fingerprint density at radius 2 is 2.14 bits per heavy atom. The number of ether oxygens (including phenoxy) is 1. The minimum absolute atomic E-state index is 0.0106. The van der Waals surface area contributed by atoms with Gasteiger partial charge in [-0.1, -0.05) is 11.8 Å². The van der Waals surface area contributed by atoms with Crippen LogP contribution in [-0.4, -0.2) is 18.1 Å². The number of fused-ring (bicyclic) bond motifs is 2. The molecule has 4 nitrogen and oxygen atoms in total. The van der Waals surface area contributed by atoms with Crippen molar-refractivity contribution in [1.29, 1.82) is 0 Å². The number of carbonyl (C=O) groups excluding carboxylic acids is 1. The highest BCUT2D eigenvalue weighted by molar-refractivity contribution is 5.81. The Labute approximate surface area is 82.3 Å². The lowest BCUT2D eigenvalue weighted by atomic mass is 9.94. The van der Waals surface area contributed by atoms with Crippen LogP contribution in [0.2, 0.25) is 0 Å². The van der Waals surface area contributed by atoms with Crippen LogP contribution in [0.1, 0.15) is 19.3 Å². The first-order chi connectivity index (χ1) is 6.74. The minimum atomic E-state index is -0.363. The molecule has 0 aromatic heterocycles. The smallest absolute Gasteiger partial charge is 0.330 e. The fraction of sp³-hybridized carbons (Fsp3) is 0.700. The number of nitroso groups, excluding NO2 is 1. The van der Waals surface area contributed by atoms with Crippen molar-refractivity contribution in [3.8, 4) is 0 Å². The van der Waals surface area contributed by atoms with Crippen molar-refractivity contribution >= 4 is 5.97 Å². The molecular formula is C10H13NO3. The molecule has 0 N–H and O–H groups in total. The summed E-state index contributed by atoms with van der Waals surface area (Å²) < 4.78 is 5.19. The van der Waals surface area contributed by atoms with Gasteiger partial charge in [-0.25, -0.2) is 4.79 Å². The van der Waals surface area contributed by atoms with Crippen LogP contribution in [0.5, 0.6) is 0 Å². The van der Waals surface area contributed by atoms with Gasteiger partial charge in [-0.05, 0) is 31.1 Å². The second kappa shape index (κ2) is 3.52. The van der Waals surface area contributed by atoms with Crippen molar-refractivity contribution in [3.05, 3.63) is 17.6 Å². The first-order valence-electron chi connectivity index (χ1n) is 4.90. The van der Waals surface area contributed by atoms with Crippen LogP contribution in [0.4, 0.5) is 0 Å². The first-order valence-corrected chi connectivity index (χ1v) is 4.90. The van der Waals surface area contributed by atoms with Crippen molar-refractivity contribution < 1.29 is 9.53 Å². The lowest BCUT2D eigenvalue weighted by molar-refractivity contribution is -0.145. The van der Waals surface area contributed by atoms with Crippen LogP contribution >= 0.6 is 0 Å². The van der Waals surface area contributed by atoms with E-state index in [0.717, 1.165) is 19.3 Å². The summed E-state index contributed by atoms with van der Waals surface area (Å²) in [6.45, 7) is 3.35. The molecule has 2 saturated carbocycles. The van der Waals surface area contributed by atoms with Gasteiger partial charge >= 0.3 is 5.97 Å². The molecule has 2 aliphatic carbocycles. The monoisotopic (exact) mass is 195 g/mol. The van der Waals surface area contributed by atoms with Gasteiger partial charge < -0.3 is 4.74 Å². The fourth-order valence-electron chi connectivity index (χ4n) is 2.66. The molecule has 0 radical (unpaired) electrons. The van der Waals surface area contributed by atoms with Gasteiger partial charge in [-0.3, -0.25) is 0 Å². The third kappa shape index (κ3) is 1.45. The summed E-state index contributed by atoms with van der Waals surface area (Å²) in [6.07, 6.45) is 3.72. The quantitative estimate of drug-likeness (QED) is 0.391. The lowest BCUT2D eigenvalue weighted by Crippen LogP contribution is -2.28. The fourth-order valence-corrected chi connectivity index (χ4v) is 2.66. The average Bonchev–Trinajstić information content (AvgIpc) is 2.75. The van der Waals surface area contributed by atoms with Crippen LogP contribution in [0, 0.1) is 16.7 Å². The van der Waals surface area contributed by atoms with Gasteiger partial charge in [0.15, 0.2) is 0 Å². The molecule has 0 heterocycles. The molecule has 14 heavy (non-hydrogen) atoms. The van der Waals surface area contributed by atoms with E-state index in [4.69, 9.17) is 4.74 Å². The van der Waals surface area contributed by atoms with Gasteiger partial charge in [-0.15, -0.1) is 0 Å². The topological polar surface area (TPSA) is 55.7 Å². The van der Waals surface area contributed by atoms with Crippen LogP contribution in [0.15, 0.2) is 17.8 Å². The average molecular weight is 195 g/mol. The Morgan fingerprint density at radius 1 is 1.36 bits per heavy atom. The molecule has 2 rings (SSSR count). The number of hydrogen-bond acceptors (Lipinski definition) is 4. The second-order valence-electron chi connectivity index (χ2n) is 4.08. The second-order valence-corrected chi connectivity index (χ2v) is 4.08. The molecule has 0 spiro atoms. The zero-order valence-electron chi connectivity index (χ0n) is 7.89. The summed E-state index contributed by atoms with van der Waals surface area (Å²) in [6, 6.07) is -0.0429. The van der Waals surface area contributed by atoms with Gasteiger partial charge in [0.2, 0.25) is 0 Å². The Kier molecular flexibility index (Phi) is 2.35. The number of esters is 1. The molecular weight excluding hydrogens is 182 g/mol. The molecule has 76 valence electrons. The Balaban J connectivity index is 1.93. The van der Waals surface area contributed by atoms with Crippen molar-refractivity contribution in [2.45, 2.75) is 31.4 Å². The van der Waals surface area contributed by atoms with E-state index in [2.05, 4.69) is 11.8 Å². The van der Waals surface area contributed by atoms with E-state index in [1.165, 1.54) is 6.08 Å². The van der Waals surface area contributed by atoms with Crippen LogP contribution in [-0.2, 0) is 9.53 Å². The first kappa shape index (κ1) is 9.37. The Morgan fingerprint density at radius 3 is 2.64 bits per heavy atom. The summed E-state index contributed by atoms with van der Waals surface area (Å²) in [4.78, 5) is 21.4. The maximum Gasteiger partial charge on any atom is 0.330 e. The van der Waals surface area contributed by atoms with Crippen LogP contribution in [0.25, 0.3) is 0 Å². The third-order valence-electron chi connectivity index (χ3n) is 3.32. The molecule has 4 atom stereocenters. The number of rotatable bonds is 3. The number of hydrogen-bond donors (Lipinski definition) is 0. The Hall–Kier alpha value is -1.19. The summed E-state index contributed by atoms with van der Waals surface area (Å²) >= 11 is 0. The molecule has 4 unspecified atom stereocenters. The minimum Gasteiger partial charge on any atom is -0.459 e. The molecule has 4 heteroatoms. The Bertz CT molecular complexity index is 277. The number of nitrogens with zero attached hydrogens (tertiary/aromatic N) is 1. The van der Waals surface area contributed by atoms with Crippen molar-refractivity contribution in [1.82, 2.24) is 0 Å². The summed E-state index contributed by atoms with van der Waals surface area (Å²) in [5.41, 5.74) is 0. The molecule has 2 aliphatic rings. The number of carbonyl (C=O) groups is 1. The van der Waals surface area contributed by atoms with Crippen molar-refractivity contribution in [2.75, 3.05) is 0 Å². The van der Waals surface area contributed by atoms with Gasteiger partial charge in [0.05, 0.1) is 6.04 Å². The van der Waals surface area contributed by atoms with Gasteiger partial charge in [0.1, 0.15) is 6.10 Å². The van der Waals surface area contributed by atoms with E-state index < -0.39 is 0 Å². The van der Waals surface area contributed by atoms with E-state index in [1.807, 2.05) is 0 Å². The van der Waals surface area contributed by atoms with E-state index in [9.17, 15) is 9.70 Å². The molecule has 0 aliphatic heterocycles. The predicted molar refractivity (Wildman–Crippen MR) is 50.5 cm³/mol. The van der Waals surface area contributed by atoms with Crippen LogP contribution in [0.3, 0.4) is 0 Å². The molecule has 0 aromatic rings. The van der Waals surface area contributed by atoms with E-state index in [1.54, 1.807) is 0 Å². The van der Waals surface area contributed by atoms with E-state index >= 15 is 0 Å². The molecule has 2 bridgehead atoms. The molecule has 2 fully saturated rings. The maximum absolute atomic E-state index is 11.0. The largest absolute Gasteiger partial charge is 0.459 e. The SMILES string of the molecule is C=CC(=O)OC1CC2CC1CC2N=O. The van der Waals surface area contributed by atoms with E-state index in [-0.39, 0.29) is 18.1 Å². The molecule has 0 aromatic carbocycles. The molecule has 0 saturated heterocycles. The van der Waals surface area contributed by atoms with Gasteiger partial charge in [0, 0.05) is 6.08 Å². The van der Waals surface area contributed by atoms with Gasteiger partial charge in [-0.2, -0.15) is 4.91 Å². The van der Waals surface area contributed by atoms with Gasteiger partial charge in [0.25, 0.3) is 0 Å². The van der Waals surface area contributed by atoms with Crippen molar-refractivity contribution in [3.63, 3.8) is 0 Å². The highest BCUT2D eigenvalue weighted by Gasteiger charge is 2.48. The van der Waals surface area contributed by atoms with E-state index in [0.29, 0.717) is 11.8 Å². The zero-order valence-corrected chi connectivity index (χ0v) is 7.89. The molecule has 0 amide bonds. The highest BCUT2D eigenvalue weighted by atomic mass is 16.5. The lowest BCUT2D eigenvalue weighted by Gasteiger charge is -2.23. The summed E-state index contributed by atoms with van der Waals surface area (Å²) in [5.74, 6) is 0.310. The third-order valence-corrected chi connectivity index (χ3v) is 3.32. The predicted octanol–water partition coefficient (Wildman–Crippen LogP) is 1.65. The van der Waals surface area contributed by atoms with Crippen LogP contribution < -0.4 is 0 Å². The standard InChI is InChI=1S/C10H13NO3/c1-2-10(12)14-9-5-6-3-7(9)4-8(6)11-13/h2,6-9H,1,3-5H2. The normalized spacial score (nSPS) is 39.4. The summed E-state index contributed by atoms with van der Waals surface area (Å²) in [5, 5.41) is 3.09. The maximum atomic E-state index is 11.0.